The monoisotopic (exact) mass is 219 g/mol. The summed E-state index contributed by atoms with van der Waals surface area (Å²) < 4.78 is 0. The number of rotatable bonds is 6. The summed E-state index contributed by atoms with van der Waals surface area (Å²) in [4.78, 5) is 11.2. The van der Waals surface area contributed by atoms with Gasteiger partial charge in [-0.25, -0.2) is 0 Å². The van der Waals surface area contributed by atoms with Crippen LogP contribution in [0.15, 0.2) is 48.1 Å². The molecule has 0 bridgehead atoms. The highest BCUT2D eigenvalue weighted by molar-refractivity contribution is 5.88. The zero-order valence-corrected chi connectivity index (χ0v) is 10.4. The lowest BCUT2D eigenvalue weighted by molar-refractivity contribution is -0.116. The zero-order valence-electron chi connectivity index (χ0n) is 10.4. The van der Waals surface area contributed by atoms with Crippen molar-refractivity contribution in [3.8, 4) is 0 Å². The van der Waals surface area contributed by atoms with E-state index in [1.54, 1.807) is 6.08 Å². The molecule has 16 heavy (non-hydrogen) atoms. The molecule has 0 aromatic rings. The van der Waals surface area contributed by atoms with Gasteiger partial charge in [-0.1, -0.05) is 37.3 Å². The number of hydrogen-bond acceptors (Lipinski definition) is 1. The molecule has 0 fully saturated rings. The summed E-state index contributed by atoms with van der Waals surface area (Å²) in [6.07, 6.45) is 14.4. The van der Waals surface area contributed by atoms with Crippen LogP contribution in [0.25, 0.3) is 0 Å². The Morgan fingerprint density at radius 1 is 1.19 bits per heavy atom. The van der Waals surface area contributed by atoms with Crippen LogP contribution >= 0.6 is 0 Å². The van der Waals surface area contributed by atoms with E-state index in [0.717, 1.165) is 12.0 Å². The summed E-state index contributed by atoms with van der Waals surface area (Å²) in [7, 11) is 0. The molecule has 2 heteroatoms. The number of nitrogens with one attached hydrogen (secondary N) is 1. The number of likely N-dealkylation sites (N-methyl/N-ethyl adjacent to an activating group) is 1. The van der Waals surface area contributed by atoms with E-state index in [-0.39, 0.29) is 5.91 Å². The summed E-state index contributed by atoms with van der Waals surface area (Å²) in [5.74, 6) is -0.0580. The first-order valence-corrected chi connectivity index (χ1v) is 5.70. The van der Waals surface area contributed by atoms with E-state index < -0.39 is 0 Å². The summed E-state index contributed by atoms with van der Waals surface area (Å²) >= 11 is 0. The first-order valence-electron chi connectivity index (χ1n) is 5.70. The zero-order chi connectivity index (χ0) is 12.2. The molecule has 0 atom stereocenters. The maximum Gasteiger partial charge on any atom is 0.243 e. The maximum absolute atomic E-state index is 11.2. The molecule has 0 radical (unpaired) electrons. The highest BCUT2D eigenvalue weighted by Gasteiger charge is 1.90. The fourth-order valence-corrected chi connectivity index (χ4v) is 1.08. The highest BCUT2D eigenvalue weighted by Crippen LogP contribution is 2.00. The van der Waals surface area contributed by atoms with Crippen molar-refractivity contribution in [2.75, 3.05) is 6.54 Å². The van der Waals surface area contributed by atoms with Gasteiger partial charge < -0.3 is 5.32 Å². The van der Waals surface area contributed by atoms with Crippen LogP contribution in [0.1, 0.15) is 27.2 Å². The van der Waals surface area contributed by atoms with Crippen LogP contribution in [0.3, 0.4) is 0 Å². The Hall–Kier alpha value is -1.57. The van der Waals surface area contributed by atoms with Crippen LogP contribution in [0.2, 0.25) is 0 Å². The molecule has 0 heterocycles. The van der Waals surface area contributed by atoms with Gasteiger partial charge in [-0.15, -0.1) is 0 Å². The van der Waals surface area contributed by atoms with Crippen LogP contribution in [-0.2, 0) is 4.79 Å². The van der Waals surface area contributed by atoms with Crippen molar-refractivity contribution in [1.29, 1.82) is 0 Å². The molecule has 0 aromatic carbocycles. The molecule has 0 aliphatic carbocycles. The topological polar surface area (TPSA) is 29.1 Å². The van der Waals surface area contributed by atoms with E-state index in [9.17, 15) is 4.79 Å². The van der Waals surface area contributed by atoms with Gasteiger partial charge in [-0.05, 0) is 31.9 Å². The van der Waals surface area contributed by atoms with Crippen molar-refractivity contribution in [3.63, 3.8) is 0 Å². The van der Waals surface area contributed by atoms with E-state index in [1.165, 1.54) is 0 Å². The summed E-state index contributed by atoms with van der Waals surface area (Å²) in [6.45, 7) is 6.60. The van der Waals surface area contributed by atoms with Crippen molar-refractivity contribution in [1.82, 2.24) is 5.32 Å². The van der Waals surface area contributed by atoms with Gasteiger partial charge in [-0.2, -0.15) is 0 Å². The maximum atomic E-state index is 11.2. The van der Waals surface area contributed by atoms with E-state index >= 15 is 0 Å². The fraction of sp³-hybridized carbons (Fsp3) is 0.357. The van der Waals surface area contributed by atoms with Gasteiger partial charge in [0.25, 0.3) is 0 Å². The smallest absolute Gasteiger partial charge is 0.243 e. The van der Waals surface area contributed by atoms with Crippen LogP contribution in [0.4, 0.5) is 0 Å². The molecule has 0 spiro atoms. The average Bonchev–Trinajstić information content (AvgIpc) is 2.26. The Bertz CT molecular complexity index is 309. The lowest BCUT2D eigenvalue weighted by atomic mass is 10.2. The third kappa shape index (κ3) is 7.80. The molecule has 0 saturated carbocycles. The minimum atomic E-state index is -0.0580. The Morgan fingerprint density at radius 3 is 2.50 bits per heavy atom. The van der Waals surface area contributed by atoms with Crippen molar-refractivity contribution in [3.05, 3.63) is 48.1 Å². The van der Waals surface area contributed by atoms with E-state index in [1.807, 2.05) is 44.2 Å². The van der Waals surface area contributed by atoms with Crippen LogP contribution in [0, 0.1) is 0 Å². The highest BCUT2D eigenvalue weighted by atomic mass is 16.1. The fourth-order valence-electron chi connectivity index (χ4n) is 1.08. The Kier molecular flexibility index (Phi) is 8.99. The molecular formula is C14H21NO. The minimum absolute atomic E-state index is 0.0580. The summed E-state index contributed by atoms with van der Waals surface area (Å²) in [5, 5.41) is 2.72. The number of amides is 1. The summed E-state index contributed by atoms with van der Waals surface area (Å²) in [6, 6.07) is 0. The first kappa shape index (κ1) is 14.4. The van der Waals surface area contributed by atoms with Gasteiger partial charge in [-0.3, -0.25) is 4.79 Å². The van der Waals surface area contributed by atoms with Crippen molar-refractivity contribution in [2.45, 2.75) is 27.2 Å². The number of hydrogen-bond donors (Lipinski definition) is 1. The summed E-state index contributed by atoms with van der Waals surface area (Å²) in [5.41, 5.74) is 1.01. The van der Waals surface area contributed by atoms with E-state index in [0.29, 0.717) is 6.54 Å². The molecule has 0 aliphatic rings. The van der Waals surface area contributed by atoms with E-state index in [4.69, 9.17) is 0 Å². The van der Waals surface area contributed by atoms with Gasteiger partial charge in [0.1, 0.15) is 0 Å². The Balaban J connectivity index is 4.50. The molecule has 0 aromatic heterocycles. The average molecular weight is 219 g/mol. The molecule has 2 nitrogen and oxygen atoms in total. The van der Waals surface area contributed by atoms with Crippen LogP contribution in [0.5, 0.6) is 0 Å². The molecule has 0 saturated heterocycles. The molecule has 0 unspecified atom stereocenters. The Labute approximate surface area is 98.4 Å². The van der Waals surface area contributed by atoms with Crippen molar-refractivity contribution < 1.29 is 4.79 Å². The van der Waals surface area contributed by atoms with Gasteiger partial charge in [0.15, 0.2) is 0 Å². The molecule has 1 amide bonds. The lowest BCUT2D eigenvalue weighted by Crippen LogP contribution is -2.19. The predicted octanol–water partition coefficient (Wildman–Crippen LogP) is 3.15. The lowest BCUT2D eigenvalue weighted by Gasteiger charge is -1.95. The number of carbonyl (C=O) groups is 1. The van der Waals surface area contributed by atoms with Crippen LogP contribution in [-0.4, -0.2) is 12.5 Å². The second kappa shape index (κ2) is 9.97. The minimum Gasteiger partial charge on any atom is -0.353 e. The molecular weight excluding hydrogens is 198 g/mol. The Morgan fingerprint density at radius 2 is 1.94 bits per heavy atom. The SMILES string of the molecule is C\C=C/C(/C=C/C(=O)NCC)=C\C=C\CC. The first-order chi connectivity index (χ1) is 7.74. The molecule has 0 rings (SSSR count). The van der Waals surface area contributed by atoms with Gasteiger partial charge in [0.05, 0.1) is 0 Å². The van der Waals surface area contributed by atoms with E-state index in [2.05, 4.69) is 18.3 Å². The molecule has 88 valence electrons. The van der Waals surface area contributed by atoms with Crippen molar-refractivity contribution in [2.24, 2.45) is 0 Å². The number of allylic oxidation sites excluding steroid dienone is 7. The largest absolute Gasteiger partial charge is 0.353 e. The third-order valence-corrected chi connectivity index (χ3v) is 1.80. The van der Waals surface area contributed by atoms with Gasteiger partial charge >= 0.3 is 0 Å². The quantitative estimate of drug-likeness (QED) is 0.539. The normalized spacial score (nSPS) is 13.1. The second-order valence-corrected chi connectivity index (χ2v) is 3.23. The van der Waals surface area contributed by atoms with Gasteiger partial charge in [0, 0.05) is 12.6 Å². The standard InChI is InChI=1S/C14H21NO/c1-4-7-8-10-13(9-5-2)11-12-14(16)15-6-3/h5,7-12H,4,6H2,1-3H3,(H,15,16)/b8-7+,9-5-,12-11+,13-10+. The molecule has 1 N–H and O–H groups in total. The molecule has 0 aliphatic heterocycles. The van der Waals surface area contributed by atoms with Crippen molar-refractivity contribution >= 4 is 5.91 Å². The predicted molar refractivity (Wildman–Crippen MR) is 70.2 cm³/mol. The third-order valence-electron chi connectivity index (χ3n) is 1.80. The second-order valence-electron chi connectivity index (χ2n) is 3.23. The van der Waals surface area contributed by atoms with Crippen LogP contribution < -0.4 is 5.32 Å². The van der Waals surface area contributed by atoms with Gasteiger partial charge in [0.2, 0.25) is 5.91 Å². The number of carbonyl (C=O) groups excluding carboxylic acids is 1.